The van der Waals surface area contributed by atoms with Crippen molar-refractivity contribution >= 4 is 11.9 Å². The van der Waals surface area contributed by atoms with Crippen LogP contribution in [-0.4, -0.2) is 35.4 Å². The molecule has 0 amide bonds. The van der Waals surface area contributed by atoms with E-state index in [9.17, 15) is 9.59 Å². The highest BCUT2D eigenvalue weighted by molar-refractivity contribution is 5.88. The second-order valence-corrected chi connectivity index (χ2v) is 2.54. The number of hydrogen-bond donors (Lipinski definition) is 2. The molecule has 0 aromatic rings. The standard InChI is InChI=1S/C10H14O6/c1-3-15-9(13)7(11)5-6-8(12)10(14)16-4-2/h5-6,11-12H,3-4H2,1-2H3. The van der Waals surface area contributed by atoms with Gasteiger partial charge in [-0.3, -0.25) is 0 Å². The van der Waals surface area contributed by atoms with Crippen molar-refractivity contribution in [1.29, 1.82) is 0 Å². The lowest BCUT2D eigenvalue weighted by atomic mass is 10.3. The number of allylic oxidation sites excluding steroid dienone is 2. The maximum absolute atomic E-state index is 10.9. The van der Waals surface area contributed by atoms with Crippen molar-refractivity contribution in [3.8, 4) is 0 Å². The number of esters is 2. The van der Waals surface area contributed by atoms with Gasteiger partial charge in [-0.05, 0) is 26.0 Å². The van der Waals surface area contributed by atoms with Crippen LogP contribution in [0, 0.1) is 0 Å². The van der Waals surface area contributed by atoms with E-state index in [4.69, 9.17) is 10.2 Å². The Bertz CT molecular complexity index is 283. The second-order valence-electron chi connectivity index (χ2n) is 2.54. The van der Waals surface area contributed by atoms with Gasteiger partial charge in [-0.2, -0.15) is 0 Å². The molecule has 16 heavy (non-hydrogen) atoms. The van der Waals surface area contributed by atoms with Crippen LogP contribution in [0.5, 0.6) is 0 Å². The van der Waals surface area contributed by atoms with Crippen molar-refractivity contribution < 1.29 is 29.3 Å². The van der Waals surface area contributed by atoms with Crippen molar-refractivity contribution in [3.05, 3.63) is 23.7 Å². The van der Waals surface area contributed by atoms with Crippen molar-refractivity contribution in [2.75, 3.05) is 13.2 Å². The first-order valence-corrected chi connectivity index (χ1v) is 4.67. The summed E-state index contributed by atoms with van der Waals surface area (Å²) in [5, 5.41) is 18.2. The topological polar surface area (TPSA) is 93.1 Å². The molecule has 0 radical (unpaired) electrons. The molecule has 0 saturated carbocycles. The van der Waals surface area contributed by atoms with Gasteiger partial charge in [0.1, 0.15) is 0 Å². The Labute approximate surface area is 92.8 Å². The summed E-state index contributed by atoms with van der Waals surface area (Å²) in [6, 6.07) is 0. The number of ether oxygens (including phenoxy) is 2. The van der Waals surface area contributed by atoms with Crippen LogP contribution in [0.25, 0.3) is 0 Å². The highest BCUT2D eigenvalue weighted by Gasteiger charge is 2.09. The Hall–Kier alpha value is -1.98. The number of rotatable bonds is 5. The van der Waals surface area contributed by atoms with Crippen LogP contribution in [0.4, 0.5) is 0 Å². The van der Waals surface area contributed by atoms with Gasteiger partial charge in [0.15, 0.2) is 0 Å². The quantitative estimate of drug-likeness (QED) is 0.317. The fourth-order valence-corrected chi connectivity index (χ4v) is 0.704. The first-order valence-electron chi connectivity index (χ1n) is 4.67. The van der Waals surface area contributed by atoms with E-state index >= 15 is 0 Å². The van der Waals surface area contributed by atoms with Gasteiger partial charge in [0.05, 0.1) is 13.2 Å². The summed E-state index contributed by atoms with van der Waals surface area (Å²) in [5.41, 5.74) is 0. The first kappa shape index (κ1) is 14.0. The molecule has 0 bridgehead atoms. The molecule has 6 heteroatoms. The van der Waals surface area contributed by atoms with Gasteiger partial charge in [-0.25, -0.2) is 9.59 Å². The predicted octanol–water partition coefficient (Wildman–Crippen LogP) is 0.996. The van der Waals surface area contributed by atoms with E-state index in [1.165, 1.54) is 0 Å². The summed E-state index contributed by atoms with van der Waals surface area (Å²) in [4.78, 5) is 21.8. The van der Waals surface area contributed by atoms with Gasteiger partial charge in [0.2, 0.25) is 11.5 Å². The molecular weight excluding hydrogens is 216 g/mol. The summed E-state index contributed by atoms with van der Waals surface area (Å²) >= 11 is 0. The van der Waals surface area contributed by atoms with E-state index in [1.807, 2.05) is 0 Å². The van der Waals surface area contributed by atoms with Crippen LogP contribution >= 0.6 is 0 Å². The Morgan fingerprint density at radius 1 is 0.938 bits per heavy atom. The van der Waals surface area contributed by atoms with E-state index < -0.39 is 23.5 Å². The normalized spacial score (nSPS) is 12.1. The Morgan fingerprint density at radius 2 is 1.25 bits per heavy atom. The lowest BCUT2D eigenvalue weighted by molar-refractivity contribution is -0.142. The zero-order valence-electron chi connectivity index (χ0n) is 9.10. The molecule has 0 aromatic carbocycles. The summed E-state index contributed by atoms with van der Waals surface area (Å²) < 4.78 is 8.92. The van der Waals surface area contributed by atoms with Gasteiger partial charge in [-0.1, -0.05) is 0 Å². The van der Waals surface area contributed by atoms with Crippen LogP contribution < -0.4 is 0 Å². The third kappa shape index (κ3) is 5.04. The minimum absolute atomic E-state index is 0.115. The zero-order valence-corrected chi connectivity index (χ0v) is 9.10. The van der Waals surface area contributed by atoms with E-state index in [-0.39, 0.29) is 13.2 Å². The molecule has 0 spiro atoms. The summed E-state index contributed by atoms with van der Waals surface area (Å²) in [7, 11) is 0. The molecule has 0 atom stereocenters. The Balaban J connectivity index is 4.48. The molecule has 0 fully saturated rings. The molecule has 0 aliphatic carbocycles. The van der Waals surface area contributed by atoms with Gasteiger partial charge < -0.3 is 19.7 Å². The number of carbonyl (C=O) groups excluding carboxylic acids is 2. The highest BCUT2D eigenvalue weighted by Crippen LogP contribution is 1.98. The average Bonchev–Trinajstić information content (AvgIpc) is 2.25. The van der Waals surface area contributed by atoms with E-state index in [0.29, 0.717) is 0 Å². The maximum Gasteiger partial charge on any atom is 0.373 e. The van der Waals surface area contributed by atoms with Gasteiger partial charge in [-0.15, -0.1) is 0 Å². The zero-order chi connectivity index (χ0) is 12.6. The third-order valence-corrected chi connectivity index (χ3v) is 1.37. The minimum atomic E-state index is -0.935. The van der Waals surface area contributed by atoms with Crippen LogP contribution in [0.15, 0.2) is 23.7 Å². The maximum atomic E-state index is 10.9. The molecule has 0 rings (SSSR count). The summed E-state index contributed by atoms with van der Waals surface area (Å²) in [6.07, 6.45) is 1.70. The smallest absolute Gasteiger partial charge is 0.373 e. The van der Waals surface area contributed by atoms with Crippen LogP contribution in [0.2, 0.25) is 0 Å². The predicted molar refractivity (Wildman–Crippen MR) is 54.7 cm³/mol. The van der Waals surface area contributed by atoms with E-state index in [2.05, 4.69) is 9.47 Å². The van der Waals surface area contributed by atoms with Crippen molar-refractivity contribution in [2.24, 2.45) is 0 Å². The highest BCUT2D eigenvalue weighted by atomic mass is 16.5. The SMILES string of the molecule is CCOC(=O)C(O)=CC=C(O)C(=O)OCC. The molecule has 0 aromatic heterocycles. The molecule has 6 nitrogen and oxygen atoms in total. The Kier molecular flexibility index (Phi) is 6.42. The molecular formula is C10H14O6. The summed E-state index contributed by atoms with van der Waals surface area (Å²) in [5.74, 6) is -3.29. The molecule has 90 valence electrons. The van der Waals surface area contributed by atoms with Crippen molar-refractivity contribution in [1.82, 2.24) is 0 Å². The second kappa shape index (κ2) is 7.33. The molecule has 0 aliphatic rings. The fourth-order valence-electron chi connectivity index (χ4n) is 0.704. The van der Waals surface area contributed by atoms with Gasteiger partial charge in [0, 0.05) is 0 Å². The lowest BCUT2D eigenvalue weighted by Crippen LogP contribution is -2.08. The molecule has 0 heterocycles. The van der Waals surface area contributed by atoms with Gasteiger partial charge in [0.25, 0.3) is 0 Å². The van der Waals surface area contributed by atoms with Crippen molar-refractivity contribution in [2.45, 2.75) is 13.8 Å². The Morgan fingerprint density at radius 3 is 1.50 bits per heavy atom. The average molecular weight is 230 g/mol. The number of aliphatic hydroxyl groups excluding tert-OH is 2. The molecule has 0 aliphatic heterocycles. The van der Waals surface area contributed by atoms with Crippen LogP contribution in [0.3, 0.4) is 0 Å². The number of hydrogen-bond acceptors (Lipinski definition) is 6. The summed E-state index contributed by atoms with van der Waals surface area (Å²) in [6.45, 7) is 3.39. The van der Waals surface area contributed by atoms with Gasteiger partial charge >= 0.3 is 11.9 Å². The lowest BCUT2D eigenvalue weighted by Gasteiger charge is -2.00. The molecule has 2 N–H and O–H groups in total. The molecule has 0 unspecified atom stereocenters. The van der Waals surface area contributed by atoms with Crippen LogP contribution in [0.1, 0.15) is 13.8 Å². The number of aliphatic hydroxyl groups is 2. The fraction of sp³-hybridized carbons (Fsp3) is 0.400. The monoisotopic (exact) mass is 230 g/mol. The third-order valence-electron chi connectivity index (χ3n) is 1.37. The van der Waals surface area contributed by atoms with E-state index in [1.54, 1.807) is 13.8 Å². The van der Waals surface area contributed by atoms with E-state index in [0.717, 1.165) is 12.2 Å². The number of carbonyl (C=O) groups is 2. The minimum Gasteiger partial charge on any atom is -0.502 e. The van der Waals surface area contributed by atoms with Crippen LogP contribution in [-0.2, 0) is 19.1 Å². The largest absolute Gasteiger partial charge is 0.502 e. The first-order chi connectivity index (χ1) is 7.52. The molecule has 0 saturated heterocycles. The van der Waals surface area contributed by atoms with Crippen molar-refractivity contribution in [3.63, 3.8) is 0 Å².